The fraction of sp³-hybridized carbons (Fsp3) is 0.652. The van der Waals surface area contributed by atoms with E-state index in [2.05, 4.69) is 26.0 Å². The van der Waals surface area contributed by atoms with Gasteiger partial charge in [-0.1, -0.05) is 45.6 Å². The van der Waals surface area contributed by atoms with Gasteiger partial charge in [0.15, 0.2) is 0 Å². The van der Waals surface area contributed by atoms with Crippen LogP contribution < -0.4 is 9.47 Å². The summed E-state index contributed by atoms with van der Waals surface area (Å²) in [5.41, 5.74) is 0.796. The van der Waals surface area contributed by atoms with Crippen LogP contribution in [0.4, 0.5) is 0 Å². The molecule has 2 rings (SSSR count). The van der Waals surface area contributed by atoms with Crippen molar-refractivity contribution in [2.45, 2.75) is 90.3 Å². The van der Waals surface area contributed by atoms with Crippen LogP contribution in [0.1, 0.15) is 77.7 Å². The highest BCUT2D eigenvalue weighted by atomic mass is 31.2. The summed E-state index contributed by atoms with van der Waals surface area (Å²) in [6.45, 7) is 6.23. The molecule has 1 aromatic carbocycles. The molecule has 0 aliphatic carbocycles. The van der Waals surface area contributed by atoms with Gasteiger partial charge in [-0.05, 0) is 68.9 Å². The van der Waals surface area contributed by atoms with Gasteiger partial charge in [0, 0.05) is 0 Å². The predicted molar refractivity (Wildman–Crippen MR) is 118 cm³/mol. The average Bonchev–Trinajstić information content (AvgIpc) is 2.66. The molecule has 0 bridgehead atoms. The van der Waals surface area contributed by atoms with Gasteiger partial charge in [0.2, 0.25) is 0 Å². The number of fused-ring (bicyclic) bond motifs is 1. The highest BCUT2D eigenvalue weighted by molar-refractivity contribution is 7.51. The van der Waals surface area contributed by atoms with Crippen molar-refractivity contribution in [3.05, 3.63) is 35.9 Å². The van der Waals surface area contributed by atoms with E-state index in [1.165, 1.54) is 32.1 Å². The standard InChI is InChI=1S/C23H37O5P/c1-4-6-7-8-9-10-11-15-23(3)16-14-19-17-21(12-13-22(19)28-23)27-20(5-2)18-29(24,25)26/h11-13,15,17,20H,4-10,14,16,18H2,1-3H3,(H2,24,25,26)/b15-11+. The molecule has 0 radical (unpaired) electrons. The first-order chi connectivity index (χ1) is 13.7. The molecule has 1 aliphatic heterocycles. The minimum atomic E-state index is -4.09. The lowest BCUT2D eigenvalue weighted by atomic mass is 9.91. The fourth-order valence-electron chi connectivity index (χ4n) is 3.63. The molecule has 0 aromatic heterocycles. The summed E-state index contributed by atoms with van der Waals surface area (Å²) in [5, 5.41) is 0. The lowest BCUT2D eigenvalue weighted by Gasteiger charge is -2.34. The molecule has 29 heavy (non-hydrogen) atoms. The van der Waals surface area contributed by atoms with Crippen LogP contribution >= 0.6 is 7.60 Å². The molecule has 0 spiro atoms. The van der Waals surface area contributed by atoms with Crippen LogP contribution in [0.2, 0.25) is 0 Å². The van der Waals surface area contributed by atoms with Crippen LogP contribution in [-0.2, 0) is 11.0 Å². The molecule has 1 aromatic rings. The Kier molecular flexibility index (Phi) is 9.26. The smallest absolute Gasteiger partial charge is 0.329 e. The number of unbranched alkanes of at least 4 members (excludes halogenated alkanes) is 5. The third-order valence-electron chi connectivity index (χ3n) is 5.41. The minimum absolute atomic E-state index is 0.265. The van der Waals surface area contributed by atoms with Crippen molar-refractivity contribution in [2.75, 3.05) is 6.16 Å². The molecule has 2 unspecified atom stereocenters. The molecule has 2 atom stereocenters. The summed E-state index contributed by atoms with van der Waals surface area (Å²) in [7, 11) is -4.09. The summed E-state index contributed by atoms with van der Waals surface area (Å²) in [6, 6.07) is 5.67. The normalized spacial score (nSPS) is 20.3. The Morgan fingerprint density at radius 2 is 2.00 bits per heavy atom. The Morgan fingerprint density at radius 3 is 2.69 bits per heavy atom. The van der Waals surface area contributed by atoms with E-state index in [1.807, 2.05) is 25.1 Å². The van der Waals surface area contributed by atoms with Crippen LogP contribution in [0.3, 0.4) is 0 Å². The zero-order valence-electron chi connectivity index (χ0n) is 18.1. The molecule has 1 aliphatic rings. The zero-order chi connectivity index (χ0) is 21.3. The first kappa shape index (κ1) is 24.0. The second-order valence-corrected chi connectivity index (χ2v) is 9.98. The molecule has 0 fully saturated rings. The lowest BCUT2D eigenvalue weighted by Crippen LogP contribution is -2.34. The van der Waals surface area contributed by atoms with Crippen molar-refractivity contribution in [1.29, 1.82) is 0 Å². The van der Waals surface area contributed by atoms with Crippen molar-refractivity contribution in [3.8, 4) is 11.5 Å². The zero-order valence-corrected chi connectivity index (χ0v) is 19.0. The van der Waals surface area contributed by atoms with E-state index in [4.69, 9.17) is 9.47 Å². The van der Waals surface area contributed by atoms with Gasteiger partial charge in [-0.3, -0.25) is 4.57 Å². The van der Waals surface area contributed by atoms with Gasteiger partial charge in [-0.2, -0.15) is 0 Å². The summed E-state index contributed by atoms with van der Waals surface area (Å²) in [4.78, 5) is 18.4. The van der Waals surface area contributed by atoms with Gasteiger partial charge < -0.3 is 19.3 Å². The van der Waals surface area contributed by atoms with Crippen molar-refractivity contribution in [1.82, 2.24) is 0 Å². The Bertz CT molecular complexity index is 711. The van der Waals surface area contributed by atoms with E-state index in [0.29, 0.717) is 12.2 Å². The number of allylic oxidation sites excluding steroid dienone is 1. The predicted octanol–water partition coefficient (Wildman–Crippen LogP) is 6.02. The van der Waals surface area contributed by atoms with Gasteiger partial charge in [0.05, 0.1) is 6.16 Å². The van der Waals surface area contributed by atoms with Crippen molar-refractivity contribution in [2.24, 2.45) is 0 Å². The van der Waals surface area contributed by atoms with E-state index >= 15 is 0 Å². The number of hydrogen-bond acceptors (Lipinski definition) is 3. The molecule has 6 heteroatoms. The molecule has 164 valence electrons. The Labute approximate surface area is 175 Å². The highest BCUT2D eigenvalue weighted by Crippen LogP contribution is 2.39. The quantitative estimate of drug-likeness (QED) is 0.244. The van der Waals surface area contributed by atoms with E-state index in [0.717, 1.165) is 30.6 Å². The van der Waals surface area contributed by atoms with Crippen LogP contribution in [0.5, 0.6) is 11.5 Å². The van der Waals surface area contributed by atoms with Crippen molar-refractivity contribution in [3.63, 3.8) is 0 Å². The Morgan fingerprint density at radius 1 is 1.24 bits per heavy atom. The highest BCUT2D eigenvalue weighted by Gasteiger charge is 2.29. The number of aryl methyl sites for hydroxylation is 1. The third kappa shape index (κ3) is 8.54. The fourth-order valence-corrected chi connectivity index (χ4v) is 4.50. The van der Waals surface area contributed by atoms with Gasteiger partial charge in [-0.25, -0.2) is 0 Å². The maximum atomic E-state index is 11.3. The molecule has 1 heterocycles. The molecule has 0 saturated heterocycles. The topological polar surface area (TPSA) is 76.0 Å². The molecule has 0 saturated carbocycles. The minimum Gasteiger partial charge on any atom is -0.490 e. The number of benzene rings is 1. The summed E-state index contributed by atoms with van der Waals surface area (Å²) in [5.74, 6) is 1.50. The van der Waals surface area contributed by atoms with Crippen LogP contribution in [0.25, 0.3) is 0 Å². The van der Waals surface area contributed by atoms with E-state index in [-0.39, 0.29) is 11.8 Å². The largest absolute Gasteiger partial charge is 0.490 e. The second kappa shape index (κ2) is 11.2. The average molecular weight is 425 g/mol. The first-order valence-corrected chi connectivity index (χ1v) is 12.8. The van der Waals surface area contributed by atoms with Crippen LogP contribution in [0, 0.1) is 0 Å². The number of ether oxygens (including phenoxy) is 2. The van der Waals surface area contributed by atoms with Crippen LogP contribution in [-0.4, -0.2) is 27.7 Å². The monoisotopic (exact) mass is 424 g/mol. The molecule has 0 amide bonds. The summed E-state index contributed by atoms with van der Waals surface area (Å²) >= 11 is 0. The van der Waals surface area contributed by atoms with E-state index < -0.39 is 13.7 Å². The Hall–Kier alpha value is -1.29. The third-order valence-corrected chi connectivity index (χ3v) is 6.29. The maximum Gasteiger partial charge on any atom is 0.329 e. The van der Waals surface area contributed by atoms with Crippen molar-refractivity contribution >= 4 is 7.60 Å². The molecular formula is C23H37O5P. The van der Waals surface area contributed by atoms with E-state index in [1.54, 1.807) is 0 Å². The number of rotatable bonds is 12. The SMILES string of the molecule is CCCCCCC/C=C/C1(C)CCc2cc(OC(CC)CP(=O)(O)O)ccc2O1. The van der Waals surface area contributed by atoms with Crippen molar-refractivity contribution < 1.29 is 23.8 Å². The van der Waals surface area contributed by atoms with Gasteiger partial charge >= 0.3 is 7.60 Å². The second-order valence-electron chi connectivity index (χ2n) is 8.28. The lowest BCUT2D eigenvalue weighted by molar-refractivity contribution is 0.113. The van der Waals surface area contributed by atoms with Gasteiger partial charge in [0.25, 0.3) is 0 Å². The van der Waals surface area contributed by atoms with Crippen LogP contribution in [0.15, 0.2) is 30.4 Å². The molecule has 2 N–H and O–H groups in total. The molecular weight excluding hydrogens is 387 g/mol. The Balaban J connectivity index is 1.91. The molecule has 5 nitrogen and oxygen atoms in total. The summed E-state index contributed by atoms with van der Waals surface area (Å²) in [6.07, 6.45) is 13.6. The first-order valence-electron chi connectivity index (χ1n) is 11.0. The maximum absolute atomic E-state index is 11.3. The summed E-state index contributed by atoms with van der Waals surface area (Å²) < 4.78 is 23.3. The van der Waals surface area contributed by atoms with Gasteiger partial charge in [0.1, 0.15) is 23.2 Å². The van der Waals surface area contributed by atoms with Gasteiger partial charge in [-0.15, -0.1) is 0 Å². The van der Waals surface area contributed by atoms with E-state index in [9.17, 15) is 14.4 Å². The number of hydrogen-bond donors (Lipinski definition) is 2.